The molecule has 5 nitrogen and oxygen atoms in total. The first-order valence-corrected chi connectivity index (χ1v) is 10.5. The lowest BCUT2D eigenvalue weighted by atomic mass is 10.1. The van der Waals surface area contributed by atoms with Crippen molar-refractivity contribution in [3.63, 3.8) is 0 Å². The van der Waals surface area contributed by atoms with Crippen molar-refractivity contribution in [3.05, 3.63) is 108 Å². The van der Waals surface area contributed by atoms with Gasteiger partial charge in [-0.05, 0) is 23.3 Å². The predicted molar refractivity (Wildman–Crippen MR) is 122 cm³/mol. The number of nitrogens with two attached hydrogens (primary N) is 1. The van der Waals surface area contributed by atoms with Crippen molar-refractivity contribution < 1.29 is 13.8 Å². The van der Waals surface area contributed by atoms with Crippen LogP contribution in [-0.4, -0.2) is 16.9 Å². The zero-order valence-electron chi connectivity index (χ0n) is 17.3. The third-order valence-corrected chi connectivity index (χ3v) is 5.67. The topological polar surface area (TPSA) is 71.9 Å². The second kappa shape index (κ2) is 8.23. The third-order valence-electron chi connectivity index (χ3n) is 5.67. The van der Waals surface area contributed by atoms with Gasteiger partial charge in [-0.25, -0.2) is 14.2 Å². The van der Waals surface area contributed by atoms with Crippen LogP contribution in [-0.2, 0) is 12.8 Å². The van der Waals surface area contributed by atoms with E-state index in [-0.39, 0.29) is 17.2 Å². The van der Waals surface area contributed by atoms with Gasteiger partial charge in [0.2, 0.25) is 0 Å². The quantitative estimate of drug-likeness (QED) is 0.374. The molecule has 0 radical (unpaired) electrons. The Bertz CT molecular complexity index is 1270. The van der Waals surface area contributed by atoms with E-state index in [1.54, 1.807) is 22.9 Å². The summed E-state index contributed by atoms with van der Waals surface area (Å²) in [5.74, 6) is 0.0677. The van der Waals surface area contributed by atoms with Crippen molar-refractivity contribution >= 4 is 17.4 Å². The van der Waals surface area contributed by atoms with Gasteiger partial charge < -0.3 is 5.73 Å². The van der Waals surface area contributed by atoms with E-state index in [1.165, 1.54) is 6.07 Å². The number of hydrogen-bond acceptors (Lipinski definition) is 4. The molecule has 1 aliphatic rings. The van der Waals surface area contributed by atoms with Crippen molar-refractivity contribution in [1.82, 2.24) is 4.98 Å². The Labute approximate surface area is 185 Å². The number of nitrogens with zero attached hydrogens (tertiary/aromatic N) is 2. The number of halogens is 1. The molecule has 1 unspecified atom stereocenters. The Morgan fingerprint density at radius 1 is 0.938 bits per heavy atom. The Balaban J connectivity index is 1.60. The summed E-state index contributed by atoms with van der Waals surface area (Å²) < 4.78 is 16.2. The Kier molecular flexibility index (Phi) is 5.11. The Morgan fingerprint density at radius 2 is 1.62 bits per heavy atom. The highest BCUT2D eigenvalue weighted by atomic mass is 19.1. The molecule has 2 heterocycles. The smallest absolute Gasteiger partial charge is 0.359 e. The van der Waals surface area contributed by atoms with Crippen LogP contribution >= 0.6 is 0 Å². The summed E-state index contributed by atoms with van der Waals surface area (Å²) in [6.07, 6.45) is 2.62. The van der Waals surface area contributed by atoms with Gasteiger partial charge in [0, 0.05) is 18.5 Å². The Hall–Kier alpha value is -4.06. The minimum Gasteiger partial charge on any atom is -0.398 e. The van der Waals surface area contributed by atoms with Crippen molar-refractivity contribution in [1.29, 1.82) is 0 Å². The molecule has 0 saturated carbocycles. The minimum atomic E-state index is -0.469. The van der Waals surface area contributed by atoms with Gasteiger partial charge in [0.15, 0.2) is 6.04 Å². The van der Waals surface area contributed by atoms with Crippen LogP contribution in [0.15, 0.2) is 85.1 Å². The molecule has 6 heteroatoms. The zero-order chi connectivity index (χ0) is 22.1. The van der Waals surface area contributed by atoms with Crippen LogP contribution in [0.25, 0.3) is 11.3 Å². The molecule has 5 rings (SSSR count). The van der Waals surface area contributed by atoms with Gasteiger partial charge in [0.05, 0.1) is 5.56 Å². The molecule has 1 atom stereocenters. The fourth-order valence-corrected chi connectivity index (χ4v) is 4.11. The van der Waals surface area contributed by atoms with Crippen LogP contribution in [0.4, 0.5) is 15.9 Å². The summed E-state index contributed by atoms with van der Waals surface area (Å²) in [5.41, 5.74) is 9.67. The van der Waals surface area contributed by atoms with Gasteiger partial charge in [0.25, 0.3) is 0 Å². The van der Waals surface area contributed by atoms with E-state index in [0.29, 0.717) is 30.0 Å². The SMILES string of the molecule is Nc1cccc(F)c1-c1c[n+]2c(c(Cc3ccccc3)n1)NC(Cc1ccccc1)C2=O. The van der Waals surface area contributed by atoms with Crippen LogP contribution in [0.3, 0.4) is 0 Å². The van der Waals surface area contributed by atoms with Gasteiger partial charge >= 0.3 is 11.7 Å². The Morgan fingerprint density at radius 3 is 2.31 bits per heavy atom. The first-order chi connectivity index (χ1) is 15.6. The van der Waals surface area contributed by atoms with E-state index < -0.39 is 11.9 Å². The molecule has 0 fully saturated rings. The average Bonchev–Trinajstić information content (AvgIpc) is 3.11. The molecular weight excluding hydrogens is 403 g/mol. The number of aromatic nitrogens is 2. The van der Waals surface area contributed by atoms with E-state index in [0.717, 1.165) is 11.1 Å². The van der Waals surface area contributed by atoms with Crippen LogP contribution in [0.5, 0.6) is 0 Å². The second-order valence-corrected chi connectivity index (χ2v) is 7.88. The molecule has 0 amide bonds. The molecule has 0 aliphatic carbocycles. The van der Waals surface area contributed by atoms with Crippen LogP contribution < -0.4 is 15.6 Å². The first-order valence-electron chi connectivity index (χ1n) is 10.5. The standard InChI is InChI=1S/C26H21FN4O/c27-19-12-7-13-20(28)24(19)23-16-31-25(21(29-23)14-17-8-3-1-4-9-17)30-22(26(31)32)15-18-10-5-2-6-11-18/h1-13,16,22H,14-15,28H2/p+1. The van der Waals surface area contributed by atoms with Crippen molar-refractivity contribution in [2.24, 2.45) is 0 Å². The highest BCUT2D eigenvalue weighted by Crippen LogP contribution is 2.30. The molecule has 0 bridgehead atoms. The summed E-state index contributed by atoms with van der Waals surface area (Å²) in [7, 11) is 0. The number of anilines is 2. The van der Waals surface area contributed by atoms with E-state index >= 15 is 0 Å². The molecule has 1 aromatic heterocycles. The molecule has 0 saturated heterocycles. The largest absolute Gasteiger partial charge is 0.398 e. The normalized spacial score (nSPS) is 14.8. The highest BCUT2D eigenvalue weighted by molar-refractivity contribution is 5.83. The highest BCUT2D eigenvalue weighted by Gasteiger charge is 2.41. The van der Waals surface area contributed by atoms with Gasteiger partial charge in [0.1, 0.15) is 23.4 Å². The van der Waals surface area contributed by atoms with E-state index in [1.807, 2.05) is 60.7 Å². The number of benzene rings is 3. The molecule has 158 valence electrons. The molecular formula is C26H22FN4O+. The van der Waals surface area contributed by atoms with Gasteiger partial charge in [-0.1, -0.05) is 66.7 Å². The maximum Gasteiger partial charge on any atom is 0.359 e. The fourth-order valence-electron chi connectivity index (χ4n) is 4.11. The van der Waals surface area contributed by atoms with Crippen LogP contribution in [0.1, 0.15) is 21.6 Å². The summed E-state index contributed by atoms with van der Waals surface area (Å²) in [4.78, 5) is 18.1. The maximum absolute atomic E-state index is 14.7. The molecule has 1 aliphatic heterocycles. The lowest BCUT2D eigenvalue weighted by Gasteiger charge is -2.09. The number of nitrogen functional groups attached to an aromatic ring is 1. The first kappa shape index (κ1) is 19.9. The predicted octanol–water partition coefficient (Wildman–Crippen LogP) is 4.03. The molecule has 3 N–H and O–H groups in total. The summed E-state index contributed by atoms with van der Waals surface area (Å²) in [6.45, 7) is 0. The molecule has 4 aromatic rings. The average molecular weight is 425 g/mol. The van der Waals surface area contributed by atoms with Crippen molar-refractivity contribution in [2.45, 2.75) is 18.9 Å². The van der Waals surface area contributed by atoms with Crippen molar-refractivity contribution in [3.8, 4) is 11.3 Å². The van der Waals surface area contributed by atoms with Gasteiger partial charge in [-0.2, -0.15) is 4.57 Å². The van der Waals surface area contributed by atoms with E-state index in [2.05, 4.69) is 5.32 Å². The molecule has 0 spiro atoms. The fraction of sp³-hybridized carbons (Fsp3) is 0.115. The molecule has 3 aromatic carbocycles. The van der Waals surface area contributed by atoms with Gasteiger partial charge in [-0.3, -0.25) is 5.32 Å². The van der Waals surface area contributed by atoms with E-state index in [9.17, 15) is 9.18 Å². The van der Waals surface area contributed by atoms with Gasteiger partial charge in [-0.15, -0.1) is 0 Å². The number of nitrogens with one attached hydrogen (secondary N) is 1. The number of carbonyl (C=O) groups excluding carboxylic acids is 1. The number of hydrogen-bond donors (Lipinski definition) is 2. The van der Waals surface area contributed by atoms with Crippen LogP contribution in [0.2, 0.25) is 0 Å². The summed E-state index contributed by atoms with van der Waals surface area (Å²) >= 11 is 0. The lowest BCUT2D eigenvalue weighted by molar-refractivity contribution is -0.552. The lowest BCUT2D eigenvalue weighted by Crippen LogP contribution is -2.44. The van der Waals surface area contributed by atoms with Crippen LogP contribution in [0, 0.1) is 5.82 Å². The number of rotatable bonds is 5. The third kappa shape index (κ3) is 3.71. The monoisotopic (exact) mass is 425 g/mol. The maximum atomic E-state index is 14.7. The number of fused-ring (bicyclic) bond motifs is 1. The molecule has 32 heavy (non-hydrogen) atoms. The minimum absolute atomic E-state index is 0.100. The summed E-state index contributed by atoms with van der Waals surface area (Å²) in [6, 6.07) is 23.8. The number of carbonyl (C=O) groups is 1. The van der Waals surface area contributed by atoms with E-state index in [4.69, 9.17) is 10.7 Å². The summed E-state index contributed by atoms with van der Waals surface area (Å²) in [5, 5.41) is 3.36. The van der Waals surface area contributed by atoms with Crippen molar-refractivity contribution in [2.75, 3.05) is 11.1 Å². The second-order valence-electron chi connectivity index (χ2n) is 7.88. The zero-order valence-corrected chi connectivity index (χ0v) is 17.3.